The number of nitrogens with two attached hydrogens (primary N) is 1. The summed E-state index contributed by atoms with van der Waals surface area (Å²) in [4.78, 5) is 14.1. The molecule has 0 spiro atoms. The lowest BCUT2D eigenvalue weighted by molar-refractivity contribution is 0.0787. The van der Waals surface area contributed by atoms with Crippen molar-refractivity contribution in [1.82, 2.24) is 4.90 Å². The summed E-state index contributed by atoms with van der Waals surface area (Å²) in [6.45, 7) is 3.73. The fraction of sp³-hybridized carbons (Fsp3) is 0.500. The number of hydrogen-bond acceptors (Lipinski definition) is 2. The van der Waals surface area contributed by atoms with Crippen LogP contribution < -0.4 is 5.73 Å². The summed E-state index contributed by atoms with van der Waals surface area (Å²) in [5.41, 5.74) is 6.33. The average Bonchev–Trinajstić information content (AvgIpc) is 2.77. The molecule has 3 nitrogen and oxygen atoms in total. The molecule has 4 heteroatoms. The molecule has 1 amide bonds. The van der Waals surface area contributed by atoms with Crippen LogP contribution in [-0.4, -0.2) is 23.9 Å². The fourth-order valence-electron chi connectivity index (χ4n) is 2.56. The van der Waals surface area contributed by atoms with Crippen LogP contribution in [0, 0.1) is 11.7 Å². The van der Waals surface area contributed by atoms with E-state index in [1.165, 1.54) is 18.2 Å². The summed E-state index contributed by atoms with van der Waals surface area (Å²) < 4.78 is 12.9. The van der Waals surface area contributed by atoms with Crippen molar-refractivity contribution in [2.24, 2.45) is 5.92 Å². The highest BCUT2D eigenvalue weighted by molar-refractivity contribution is 5.99. The van der Waals surface area contributed by atoms with Gasteiger partial charge in [0.05, 0.1) is 5.56 Å². The van der Waals surface area contributed by atoms with E-state index in [1.807, 2.05) is 4.90 Å². The molecule has 1 aromatic carbocycles. The molecule has 1 atom stereocenters. The lowest BCUT2D eigenvalue weighted by Crippen LogP contribution is -2.29. The number of carbonyl (C=O) groups excluding carboxylic acids is 1. The third-order valence-electron chi connectivity index (χ3n) is 3.51. The summed E-state index contributed by atoms with van der Waals surface area (Å²) >= 11 is 0. The van der Waals surface area contributed by atoms with Gasteiger partial charge in [-0.25, -0.2) is 4.39 Å². The third kappa shape index (κ3) is 2.63. The first-order valence-corrected chi connectivity index (χ1v) is 6.46. The van der Waals surface area contributed by atoms with Gasteiger partial charge in [-0.1, -0.05) is 13.3 Å². The Bertz CT molecular complexity index is 447. The van der Waals surface area contributed by atoms with Crippen molar-refractivity contribution in [3.05, 3.63) is 29.6 Å². The summed E-state index contributed by atoms with van der Waals surface area (Å²) in [6, 6.07) is 3.95. The minimum absolute atomic E-state index is 0.0777. The highest BCUT2D eigenvalue weighted by Crippen LogP contribution is 2.24. The van der Waals surface area contributed by atoms with E-state index in [1.54, 1.807) is 0 Å². The number of hydrogen-bond donors (Lipinski definition) is 1. The molecule has 1 heterocycles. The Labute approximate surface area is 107 Å². The molecule has 0 saturated carbocycles. The predicted molar refractivity (Wildman–Crippen MR) is 69.7 cm³/mol. The van der Waals surface area contributed by atoms with Gasteiger partial charge in [0, 0.05) is 18.8 Å². The molecule has 0 bridgehead atoms. The van der Waals surface area contributed by atoms with Gasteiger partial charge in [-0.15, -0.1) is 0 Å². The van der Waals surface area contributed by atoms with E-state index in [9.17, 15) is 9.18 Å². The molecule has 1 saturated heterocycles. The SMILES string of the molecule is CCCC1CCN(C(=O)c2ccc(F)cc2N)C1. The molecule has 0 aliphatic carbocycles. The van der Waals surface area contributed by atoms with Crippen LogP contribution in [0.1, 0.15) is 36.5 Å². The highest BCUT2D eigenvalue weighted by Gasteiger charge is 2.27. The van der Waals surface area contributed by atoms with Gasteiger partial charge in [0.1, 0.15) is 5.82 Å². The summed E-state index contributed by atoms with van der Waals surface area (Å²) in [5.74, 6) is 0.112. The molecule has 1 aliphatic heterocycles. The number of likely N-dealkylation sites (tertiary alicyclic amines) is 1. The molecular weight excluding hydrogens is 231 g/mol. The fourth-order valence-corrected chi connectivity index (χ4v) is 2.56. The first kappa shape index (κ1) is 12.9. The molecule has 0 aromatic heterocycles. The monoisotopic (exact) mass is 250 g/mol. The van der Waals surface area contributed by atoms with Crippen molar-refractivity contribution in [3.8, 4) is 0 Å². The van der Waals surface area contributed by atoms with Gasteiger partial charge < -0.3 is 10.6 Å². The van der Waals surface area contributed by atoms with Gasteiger partial charge >= 0.3 is 0 Å². The van der Waals surface area contributed by atoms with Crippen molar-refractivity contribution in [3.63, 3.8) is 0 Å². The largest absolute Gasteiger partial charge is 0.398 e. The van der Waals surface area contributed by atoms with Crippen molar-refractivity contribution in [1.29, 1.82) is 0 Å². The van der Waals surface area contributed by atoms with Crippen molar-refractivity contribution in [2.45, 2.75) is 26.2 Å². The predicted octanol–water partition coefficient (Wildman–Crippen LogP) is 2.67. The van der Waals surface area contributed by atoms with E-state index < -0.39 is 5.82 Å². The van der Waals surface area contributed by atoms with Gasteiger partial charge in [-0.3, -0.25) is 4.79 Å². The first-order valence-electron chi connectivity index (χ1n) is 6.46. The normalized spacial score (nSPS) is 19.2. The smallest absolute Gasteiger partial charge is 0.255 e. The molecule has 0 radical (unpaired) electrons. The number of nitrogens with zero attached hydrogens (tertiary/aromatic N) is 1. The second-order valence-corrected chi connectivity index (χ2v) is 4.93. The molecule has 98 valence electrons. The zero-order valence-corrected chi connectivity index (χ0v) is 10.7. The maximum Gasteiger partial charge on any atom is 0.255 e. The number of halogens is 1. The highest BCUT2D eigenvalue weighted by atomic mass is 19.1. The van der Waals surface area contributed by atoms with E-state index >= 15 is 0 Å². The van der Waals surface area contributed by atoms with Gasteiger partial charge in [-0.2, -0.15) is 0 Å². The third-order valence-corrected chi connectivity index (χ3v) is 3.51. The minimum Gasteiger partial charge on any atom is -0.398 e. The second-order valence-electron chi connectivity index (χ2n) is 4.93. The van der Waals surface area contributed by atoms with Gasteiger partial charge in [-0.05, 0) is 37.0 Å². The molecular formula is C14H19FN2O. The average molecular weight is 250 g/mol. The zero-order valence-electron chi connectivity index (χ0n) is 10.7. The molecule has 2 rings (SSSR count). The maximum absolute atomic E-state index is 12.9. The summed E-state index contributed by atoms with van der Waals surface area (Å²) in [5, 5.41) is 0. The van der Waals surface area contributed by atoms with Crippen LogP contribution in [-0.2, 0) is 0 Å². The van der Waals surface area contributed by atoms with Crippen LogP contribution in [0.15, 0.2) is 18.2 Å². The quantitative estimate of drug-likeness (QED) is 0.838. The van der Waals surface area contributed by atoms with Crippen LogP contribution in [0.3, 0.4) is 0 Å². The molecule has 1 aromatic rings. The number of amides is 1. The minimum atomic E-state index is -0.408. The van der Waals surface area contributed by atoms with Crippen LogP contribution in [0.4, 0.5) is 10.1 Å². The van der Waals surface area contributed by atoms with Crippen molar-refractivity contribution < 1.29 is 9.18 Å². The van der Waals surface area contributed by atoms with Crippen LogP contribution in [0.5, 0.6) is 0 Å². The Morgan fingerprint density at radius 1 is 1.56 bits per heavy atom. The van der Waals surface area contributed by atoms with E-state index in [2.05, 4.69) is 6.92 Å². The molecule has 1 aliphatic rings. The Hall–Kier alpha value is -1.58. The van der Waals surface area contributed by atoms with E-state index in [0.29, 0.717) is 11.5 Å². The summed E-state index contributed by atoms with van der Waals surface area (Å²) in [7, 11) is 0. The lowest BCUT2D eigenvalue weighted by Gasteiger charge is -2.17. The van der Waals surface area contributed by atoms with E-state index in [0.717, 1.165) is 32.4 Å². The first-order chi connectivity index (χ1) is 8.61. The van der Waals surface area contributed by atoms with Crippen LogP contribution >= 0.6 is 0 Å². The van der Waals surface area contributed by atoms with E-state index in [-0.39, 0.29) is 11.6 Å². The van der Waals surface area contributed by atoms with Gasteiger partial charge in [0.15, 0.2) is 0 Å². The zero-order chi connectivity index (χ0) is 13.1. The molecule has 1 fully saturated rings. The van der Waals surface area contributed by atoms with Crippen molar-refractivity contribution >= 4 is 11.6 Å². The second kappa shape index (κ2) is 5.38. The van der Waals surface area contributed by atoms with Gasteiger partial charge in [0.25, 0.3) is 5.91 Å². The van der Waals surface area contributed by atoms with Crippen molar-refractivity contribution in [2.75, 3.05) is 18.8 Å². The number of rotatable bonds is 3. The number of carbonyl (C=O) groups is 1. The lowest BCUT2D eigenvalue weighted by atomic mass is 10.0. The van der Waals surface area contributed by atoms with Crippen LogP contribution in [0.2, 0.25) is 0 Å². The Balaban J connectivity index is 2.08. The Morgan fingerprint density at radius 3 is 3.00 bits per heavy atom. The van der Waals surface area contributed by atoms with E-state index in [4.69, 9.17) is 5.73 Å². The maximum atomic E-state index is 12.9. The molecule has 2 N–H and O–H groups in total. The molecule has 1 unspecified atom stereocenters. The topological polar surface area (TPSA) is 46.3 Å². The number of benzene rings is 1. The number of anilines is 1. The molecule has 18 heavy (non-hydrogen) atoms. The van der Waals surface area contributed by atoms with Crippen LogP contribution in [0.25, 0.3) is 0 Å². The summed E-state index contributed by atoms with van der Waals surface area (Å²) in [6.07, 6.45) is 3.36. The van der Waals surface area contributed by atoms with Gasteiger partial charge in [0.2, 0.25) is 0 Å². The Kier molecular flexibility index (Phi) is 3.84. The Morgan fingerprint density at radius 2 is 2.33 bits per heavy atom. The standard InChI is InChI=1S/C14H19FN2O/c1-2-3-10-6-7-17(9-10)14(18)12-5-4-11(15)8-13(12)16/h4-5,8,10H,2-3,6-7,9,16H2,1H3. The number of nitrogen functional groups attached to an aromatic ring is 1.